The zero-order valence-electron chi connectivity index (χ0n) is 10.5. The van der Waals surface area contributed by atoms with Crippen molar-refractivity contribution >= 4 is 0 Å². The van der Waals surface area contributed by atoms with Crippen molar-refractivity contribution in [3.05, 3.63) is 36.6 Å². The molecule has 0 unspecified atom stereocenters. The fraction of sp³-hybridized carbons (Fsp3) is 0.385. The molecule has 0 spiro atoms. The van der Waals surface area contributed by atoms with E-state index in [0.29, 0.717) is 0 Å². The summed E-state index contributed by atoms with van der Waals surface area (Å²) in [5, 5.41) is 7.54. The van der Waals surface area contributed by atoms with Gasteiger partial charge in [0.25, 0.3) is 0 Å². The number of nitrogens with zero attached hydrogens (tertiary/aromatic N) is 4. The quantitative estimate of drug-likeness (QED) is 0.824. The van der Waals surface area contributed by atoms with Gasteiger partial charge in [-0.25, -0.2) is 4.98 Å². The number of hydrogen-bond acceptors (Lipinski definition) is 3. The van der Waals surface area contributed by atoms with Crippen molar-refractivity contribution in [1.29, 1.82) is 0 Å². The fourth-order valence-corrected chi connectivity index (χ4v) is 2.27. The van der Waals surface area contributed by atoms with Crippen molar-refractivity contribution in [1.82, 2.24) is 24.6 Å². The summed E-state index contributed by atoms with van der Waals surface area (Å²) in [4.78, 5) is 4.26. The largest absolute Gasteiger partial charge is 0.326 e. The second-order valence-corrected chi connectivity index (χ2v) is 4.63. The van der Waals surface area contributed by atoms with Crippen LogP contribution in [0.5, 0.6) is 0 Å². The van der Waals surface area contributed by atoms with Crippen molar-refractivity contribution in [3.8, 4) is 11.3 Å². The molecule has 5 nitrogen and oxygen atoms in total. The van der Waals surface area contributed by atoms with Crippen LogP contribution in [0.3, 0.4) is 0 Å². The number of hydrogen-bond donors (Lipinski definition) is 1. The summed E-state index contributed by atoms with van der Waals surface area (Å²) in [6, 6.07) is 0. The molecule has 0 aliphatic carbocycles. The van der Waals surface area contributed by atoms with Crippen molar-refractivity contribution in [2.24, 2.45) is 7.05 Å². The molecule has 1 aliphatic rings. The topological polar surface area (TPSA) is 47.7 Å². The Morgan fingerprint density at radius 3 is 3.06 bits per heavy atom. The molecule has 2 aromatic heterocycles. The smallest absolute Gasteiger partial charge is 0.0954 e. The average molecular weight is 243 g/mol. The standard InChI is InChI=1S/C13H17N5/c1-17-9-12(6-16-17)13-7-15-10-18(13)8-11-2-4-14-5-3-11/h2,6-7,9-10,14H,3-5,8H2,1H3. The zero-order valence-corrected chi connectivity index (χ0v) is 10.5. The molecular formula is C13H17N5. The maximum atomic E-state index is 4.26. The Labute approximate surface area is 106 Å². The van der Waals surface area contributed by atoms with Gasteiger partial charge in [0.2, 0.25) is 0 Å². The van der Waals surface area contributed by atoms with Gasteiger partial charge in [-0.1, -0.05) is 11.6 Å². The molecule has 0 fully saturated rings. The van der Waals surface area contributed by atoms with Crippen LogP contribution in [-0.4, -0.2) is 32.4 Å². The van der Waals surface area contributed by atoms with Crippen LogP contribution in [0.2, 0.25) is 0 Å². The second-order valence-electron chi connectivity index (χ2n) is 4.63. The third-order valence-corrected chi connectivity index (χ3v) is 3.24. The van der Waals surface area contributed by atoms with Crippen LogP contribution in [0, 0.1) is 0 Å². The van der Waals surface area contributed by atoms with Gasteiger partial charge in [0, 0.05) is 31.9 Å². The van der Waals surface area contributed by atoms with E-state index in [-0.39, 0.29) is 0 Å². The Kier molecular flexibility index (Phi) is 2.98. The Hall–Kier alpha value is -1.88. The summed E-state index contributed by atoms with van der Waals surface area (Å²) in [5.74, 6) is 0. The van der Waals surface area contributed by atoms with E-state index in [2.05, 4.69) is 26.0 Å². The first-order valence-corrected chi connectivity index (χ1v) is 6.21. The number of aromatic nitrogens is 4. The van der Waals surface area contributed by atoms with Crippen LogP contribution >= 0.6 is 0 Å². The van der Waals surface area contributed by atoms with Gasteiger partial charge in [0.1, 0.15) is 0 Å². The number of aryl methyl sites for hydroxylation is 1. The molecule has 3 rings (SSSR count). The van der Waals surface area contributed by atoms with E-state index in [9.17, 15) is 0 Å². The summed E-state index contributed by atoms with van der Waals surface area (Å²) in [6.45, 7) is 2.97. The highest BCUT2D eigenvalue weighted by Gasteiger charge is 2.09. The van der Waals surface area contributed by atoms with E-state index in [1.807, 2.05) is 36.6 Å². The lowest BCUT2D eigenvalue weighted by Gasteiger charge is -2.15. The van der Waals surface area contributed by atoms with E-state index in [4.69, 9.17) is 0 Å². The van der Waals surface area contributed by atoms with Crippen LogP contribution in [0.1, 0.15) is 6.42 Å². The Bertz CT molecular complexity index is 563. The van der Waals surface area contributed by atoms with Gasteiger partial charge >= 0.3 is 0 Å². The molecule has 0 atom stereocenters. The molecule has 18 heavy (non-hydrogen) atoms. The van der Waals surface area contributed by atoms with Crippen LogP contribution in [0.25, 0.3) is 11.3 Å². The van der Waals surface area contributed by atoms with Crippen LogP contribution in [0.15, 0.2) is 36.6 Å². The monoisotopic (exact) mass is 243 g/mol. The Morgan fingerprint density at radius 1 is 1.39 bits per heavy atom. The summed E-state index contributed by atoms with van der Waals surface area (Å²) in [5.41, 5.74) is 3.71. The SMILES string of the molecule is Cn1cc(-c2cncn2CC2=CCNCC2)cn1. The average Bonchev–Trinajstić information content (AvgIpc) is 2.99. The number of nitrogens with one attached hydrogen (secondary N) is 1. The highest BCUT2D eigenvalue weighted by molar-refractivity contribution is 5.56. The first-order chi connectivity index (χ1) is 8.83. The van der Waals surface area contributed by atoms with Crippen molar-refractivity contribution in [2.75, 3.05) is 13.1 Å². The molecule has 2 aromatic rings. The first-order valence-electron chi connectivity index (χ1n) is 6.21. The lowest BCUT2D eigenvalue weighted by atomic mass is 10.1. The van der Waals surface area contributed by atoms with E-state index < -0.39 is 0 Å². The summed E-state index contributed by atoms with van der Waals surface area (Å²) in [7, 11) is 1.93. The minimum Gasteiger partial charge on any atom is -0.326 e. The van der Waals surface area contributed by atoms with Gasteiger partial charge in [0.05, 0.1) is 24.4 Å². The predicted molar refractivity (Wildman–Crippen MR) is 70.0 cm³/mol. The molecule has 0 aromatic carbocycles. The molecule has 0 radical (unpaired) electrons. The van der Waals surface area contributed by atoms with Crippen LogP contribution in [0.4, 0.5) is 0 Å². The maximum absolute atomic E-state index is 4.26. The highest BCUT2D eigenvalue weighted by atomic mass is 15.2. The minimum absolute atomic E-state index is 0.923. The van der Waals surface area contributed by atoms with E-state index in [0.717, 1.165) is 37.3 Å². The molecular weight excluding hydrogens is 226 g/mol. The van der Waals surface area contributed by atoms with Gasteiger partial charge in [-0.3, -0.25) is 4.68 Å². The van der Waals surface area contributed by atoms with Crippen molar-refractivity contribution in [2.45, 2.75) is 13.0 Å². The molecule has 0 saturated heterocycles. The second kappa shape index (κ2) is 4.78. The van der Waals surface area contributed by atoms with Crippen LogP contribution in [-0.2, 0) is 13.6 Å². The fourth-order valence-electron chi connectivity index (χ4n) is 2.27. The summed E-state index contributed by atoms with van der Waals surface area (Å²) >= 11 is 0. The van der Waals surface area contributed by atoms with Gasteiger partial charge in [-0.15, -0.1) is 0 Å². The first kappa shape index (κ1) is 11.2. The lowest BCUT2D eigenvalue weighted by Crippen LogP contribution is -2.22. The third kappa shape index (κ3) is 2.22. The normalized spacial score (nSPS) is 15.7. The lowest BCUT2D eigenvalue weighted by molar-refractivity contribution is 0.652. The zero-order chi connectivity index (χ0) is 12.4. The van der Waals surface area contributed by atoms with Crippen molar-refractivity contribution < 1.29 is 0 Å². The summed E-state index contributed by atoms with van der Waals surface area (Å²) in [6.07, 6.45) is 11.1. The maximum Gasteiger partial charge on any atom is 0.0954 e. The molecule has 1 N–H and O–H groups in total. The molecule has 0 saturated carbocycles. The van der Waals surface area contributed by atoms with Crippen LogP contribution < -0.4 is 5.32 Å². The highest BCUT2D eigenvalue weighted by Crippen LogP contribution is 2.19. The number of imidazole rings is 1. The molecule has 94 valence electrons. The van der Waals surface area contributed by atoms with Gasteiger partial charge in [0.15, 0.2) is 0 Å². The molecule has 0 bridgehead atoms. The molecule has 0 amide bonds. The van der Waals surface area contributed by atoms with Gasteiger partial charge < -0.3 is 9.88 Å². The minimum atomic E-state index is 0.923. The molecule has 5 heteroatoms. The third-order valence-electron chi connectivity index (χ3n) is 3.24. The van der Waals surface area contributed by atoms with Gasteiger partial charge in [-0.2, -0.15) is 5.10 Å². The predicted octanol–water partition coefficient (Wildman–Crippen LogP) is 1.20. The van der Waals surface area contributed by atoms with E-state index >= 15 is 0 Å². The summed E-state index contributed by atoms with van der Waals surface area (Å²) < 4.78 is 4.00. The molecule has 3 heterocycles. The van der Waals surface area contributed by atoms with E-state index in [1.54, 1.807) is 0 Å². The number of rotatable bonds is 3. The Balaban J connectivity index is 1.85. The Morgan fingerprint density at radius 2 is 2.33 bits per heavy atom. The molecule has 1 aliphatic heterocycles. The van der Waals surface area contributed by atoms with Gasteiger partial charge in [-0.05, 0) is 13.0 Å². The van der Waals surface area contributed by atoms with Crippen molar-refractivity contribution in [3.63, 3.8) is 0 Å². The van der Waals surface area contributed by atoms with E-state index in [1.165, 1.54) is 5.57 Å².